The zero-order valence-corrected chi connectivity index (χ0v) is 7.70. The number of carboxylic acids is 1. The molecule has 79 valence electrons. The van der Waals surface area contributed by atoms with Crippen LogP contribution < -0.4 is 10.4 Å². The van der Waals surface area contributed by atoms with E-state index in [-0.39, 0.29) is 12.2 Å². The molecule has 1 aromatic heterocycles. The molecule has 4 N–H and O–H groups in total. The van der Waals surface area contributed by atoms with E-state index in [9.17, 15) is 4.79 Å². The van der Waals surface area contributed by atoms with Crippen molar-refractivity contribution in [2.45, 2.75) is 12.5 Å². The minimum absolute atomic E-state index is 0.0401. The van der Waals surface area contributed by atoms with Crippen molar-refractivity contribution in [1.82, 2.24) is 9.97 Å². The summed E-state index contributed by atoms with van der Waals surface area (Å²) in [5.74, 6) is -0.553. The third-order valence-corrected chi connectivity index (χ3v) is 1.59. The highest BCUT2D eigenvalue weighted by Gasteiger charge is 2.13. The highest BCUT2D eigenvalue weighted by Crippen LogP contribution is 2.05. The number of nitrogens with zero attached hydrogens (tertiary/aromatic N) is 2. The van der Waals surface area contributed by atoms with Crippen molar-refractivity contribution in [1.29, 1.82) is 0 Å². The lowest BCUT2D eigenvalue weighted by atomic mass is 10.2. The van der Waals surface area contributed by atoms with Crippen LogP contribution in [0.5, 0.6) is 5.75 Å². The van der Waals surface area contributed by atoms with Gasteiger partial charge in [0.15, 0.2) is 0 Å². The van der Waals surface area contributed by atoms with Gasteiger partial charge in [-0.15, -0.1) is 0 Å². The number of rotatable bonds is 5. The van der Waals surface area contributed by atoms with E-state index in [0.717, 1.165) is 0 Å². The molecule has 1 radical (unpaired) electrons. The van der Waals surface area contributed by atoms with Gasteiger partial charge in [0.1, 0.15) is 17.6 Å². The monoisotopic (exact) mass is 210 g/mol. The van der Waals surface area contributed by atoms with Crippen molar-refractivity contribution in [2.24, 2.45) is 5.73 Å². The van der Waals surface area contributed by atoms with Crippen LogP contribution in [-0.2, 0) is 11.2 Å². The van der Waals surface area contributed by atoms with Crippen molar-refractivity contribution in [3.05, 3.63) is 18.2 Å². The van der Waals surface area contributed by atoms with Gasteiger partial charge in [-0.05, 0) is 0 Å². The predicted molar refractivity (Wildman–Crippen MR) is 49.9 cm³/mol. The van der Waals surface area contributed by atoms with Crippen LogP contribution in [0.15, 0.2) is 12.4 Å². The molecule has 0 aliphatic rings. The molecule has 7 nitrogen and oxygen atoms in total. The summed E-state index contributed by atoms with van der Waals surface area (Å²) in [6.45, 7) is 0. The minimum Gasteiger partial charge on any atom is -0.535 e. The topological polar surface area (TPSA) is 119 Å². The van der Waals surface area contributed by atoms with Crippen molar-refractivity contribution in [2.75, 3.05) is 0 Å². The molecule has 0 aliphatic carbocycles. The average Bonchev–Trinajstić information content (AvgIpc) is 2.21. The Morgan fingerprint density at radius 1 is 1.60 bits per heavy atom. The van der Waals surface area contributed by atoms with E-state index in [1.165, 1.54) is 12.4 Å². The Bertz CT molecular complexity index is 332. The second-order valence-electron chi connectivity index (χ2n) is 2.71. The van der Waals surface area contributed by atoms with Gasteiger partial charge in [-0.3, -0.25) is 4.79 Å². The fourth-order valence-corrected chi connectivity index (χ4v) is 0.854. The van der Waals surface area contributed by atoms with E-state index in [2.05, 4.69) is 14.6 Å². The Balaban J connectivity index is 2.60. The molecule has 0 bridgehead atoms. The first kappa shape index (κ1) is 11.4. The molecular formula is C7H9BN3O4. The predicted octanol–water partition coefficient (Wildman–Crippen LogP) is -1.66. The minimum atomic E-state index is -1.11. The number of hydrogen-bond acceptors (Lipinski definition) is 6. The lowest BCUT2D eigenvalue weighted by molar-refractivity contribution is -0.138. The lowest BCUT2D eigenvalue weighted by Gasteiger charge is -2.05. The summed E-state index contributed by atoms with van der Waals surface area (Å²) in [5, 5.41) is 16.8. The first-order valence-corrected chi connectivity index (χ1v) is 4.05. The van der Waals surface area contributed by atoms with Crippen LogP contribution in [0, 0.1) is 0 Å². The van der Waals surface area contributed by atoms with Gasteiger partial charge in [-0.25, -0.2) is 9.97 Å². The molecule has 1 rings (SSSR count). The van der Waals surface area contributed by atoms with Crippen LogP contribution in [-0.4, -0.2) is 39.8 Å². The van der Waals surface area contributed by atoms with Gasteiger partial charge >= 0.3 is 13.7 Å². The van der Waals surface area contributed by atoms with E-state index < -0.39 is 12.0 Å². The van der Waals surface area contributed by atoms with Gasteiger partial charge in [0.2, 0.25) is 0 Å². The third kappa shape index (κ3) is 3.52. The Morgan fingerprint density at radius 2 is 2.20 bits per heavy atom. The number of aromatic nitrogens is 2. The van der Waals surface area contributed by atoms with Crippen LogP contribution >= 0.6 is 0 Å². The van der Waals surface area contributed by atoms with Crippen LogP contribution in [0.3, 0.4) is 0 Å². The summed E-state index contributed by atoms with van der Waals surface area (Å²) in [5.41, 5.74) is 5.29. The summed E-state index contributed by atoms with van der Waals surface area (Å²) < 4.78 is 4.57. The molecular weight excluding hydrogens is 201 g/mol. The number of aliphatic carboxylic acids is 1. The molecule has 1 heterocycles. The Labute approximate surface area is 86.2 Å². The van der Waals surface area contributed by atoms with Gasteiger partial charge in [-0.2, -0.15) is 0 Å². The van der Waals surface area contributed by atoms with Crippen molar-refractivity contribution in [3.63, 3.8) is 0 Å². The molecule has 1 aromatic rings. The summed E-state index contributed by atoms with van der Waals surface area (Å²) in [6, 6.07) is -1.03. The van der Waals surface area contributed by atoms with Crippen molar-refractivity contribution in [3.8, 4) is 5.75 Å². The fraction of sp³-hybridized carbons (Fsp3) is 0.286. The molecule has 0 spiro atoms. The molecule has 0 aliphatic heterocycles. The standard InChI is InChI=1S/C7H9BN3O4/c9-5(7(12)13)1-6-10-2-4(3-11-6)15-8-14/h2-3,5,14H,1,9H2,(H,12,13)/t5-/m0/s1. The van der Waals surface area contributed by atoms with Gasteiger partial charge in [0, 0.05) is 6.42 Å². The summed E-state index contributed by atoms with van der Waals surface area (Å²) in [7, 11) is 0.501. The maximum absolute atomic E-state index is 10.4. The second kappa shape index (κ2) is 5.27. The lowest BCUT2D eigenvalue weighted by Crippen LogP contribution is -2.32. The number of hydrogen-bond donors (Lipinski definition) is 3. The second-order valence-corrected chi connectivity index (χ2v) is 2.71. The fourth-order valence-electron chi connectivity index (χ4n) is 0.854. The number of nitrogens with two attached hydrogens (primary N) is 1. The normalized spacial score (nSPS) is 11.9. The van der Waals surface area contributed by atoms with E-state index in [1.807, 2.05) is 0 Å². The third-order valence-electron chi connectivity index (χ3n) is 1.59. The van der Waals surface area contributed by atoms with Gasteiger partial charge in [0.25, 0.3) is 0 Å². The summed E-state index contributed by atoms with van der Waals surface area (Å²) in [4.78, 5) is 18.0. The van der Waals surface area contributed by atoms with E-state index in [1.54, 1.807) is 0 Å². The molecule has 15 heavy (non-hydrogen) atoms. The maximum Gasteiger partial charge on any atom is 0.569 e. The highest BCUT2D eigenvalue weighted by molar-refractivity contribution is 6.17. The largest absolute Gasteiger partial charge is 0.569 e. The Kier molecular flexibility index (Phi) is 4.01. The smallest absolute Gasteiger partial charge is 0.535 e. The quantitative estimate of drug-likeness (QED) is 0.497. The molecule has 0 aromatic carbocycles. The maximum atomic E-state index is 10.4. The summed E-state index contributed by atoms with van der Waals surface area (Å²) >= 11 is 0. The zero-order valence-electron chi connectivity index (χ0n) is 7.70. The zero-order chi connectivity index (χ0) is 11.3. The molecule has 1 atom stereocenters. The van der Waals surface area contributed by atoms with E-state index in [4.69, 9.17) is 15.9 Å². The molecule has 0 fully saturated rings. The summed E-state index contributed by atoms with van der Waals surface area (Å²) in [6.07, 6.45) is 2.66. The molecule has 0 saturated carbocycles. The first-order valence-electron chi connectivity index (χ1n) is 4.05. The number of carbonyl (C=O) groups is 1. The van der Waals surface area contributed by atoms with Gasteiger partial charge < -0.3 is 20.5 Å². The van der Waals surface area contributed by atoms with Crippen LogP contribution in [0.4, 0.5) is 0 Å². The molecule has 8 heteroatoms. The SMILES string of the molecule is N[C@@H](Cc1ncc(O[B]O)cn1)C(=O)O. The first-order chi connectivity index (χ1) is 7.13. The molecule has 0 unspecified atom stereocenters. The van der Waals surface area contributed by atoms with Crippen molar-refractivity contribution >= 4 is 13.7 Å². The van der Waals surface area contributed by atoms with Crippen LogP contribution in [0.25, 0.3) is 0 Å². The Hall–Kier alpha value is -1.67. The Morgan fingerprint density at radius 3 is 2.67 bits per heavy atom. The van der Waals surface area contributed by atoms with Crippen molar-refractivity contribution < 1.29 is 19.6 Å². The van der Waals surface area contributed by atoms with E-state index in [0.29, 0.717) is 13.5 Å². The highest BCUT2D eigenvalue weighted by atomic mass is 16.5. The average molecular weight is 210 g/mol. The van der Waals surface area contributed by atoms with Gasteiger partial charge in [-0.1, -0.05) is 0 Å². The van der Waals surface area contributed by atoms with Gasteiger partial charge in [0.05, 0.1) is 12.4 Å². The van der Waals surface area contributed by atoms with Crippen LogP contribution in [0.2, 0.25) is 0 Å². The molecule has 0 saturated heterocycles. The number of carboxylic acid groups (broad SMARTS) is 1. The van der Waals surface area contributed by atoms with E-state index >= 15 is 0 Å². The molecule has 0 amide bonds. The van der Waals surface area contributed by atoms with Crippen LogP contribution in [0.1, 0.15) is 5.82 Å².